The number of aromatic hydroxyl groups is 1. The van der Waals surface area contributed by atoms with Gasteiger partial charge in [0.05, 0.1) is 16.5 Å². The van der Waals surface area contributed by atoms with Gasteiger partial charge >= 0.3 is 5.69 Å². The van der Waals surface area contributed by atoms with E-state index in [1.807, 2.05) is 4.90 Å². The van der Waals surface area contributed by atoms with Crippen molar-refractivity contribution in [3.05, 3.63) is 57.9 Å². The zero-order valence-corrected chi connectivity index (χ0v) is 19.1. The molecule has 0 saturated carbocycles. The number of anilines is 1. The lowest BCUT2D eigenvalue weighted by atomic mass is 9.95. The first-order chi connectivity index (χ1) is 17.3. The zero-order chi connectivity index (χ0) is 25.3. The van der Waals surface area contributed by atoms with E-state index in [4.69, 9.17) is 6.42 Å². The lowest BCUT2D eigenvalue weighted by molar-refractivity contribution is 0.436. The Morgan fingerprint density at radius 3 is 2.56 bits per heavy atom. The summed E-state index contributed by atoms with van der Waals surface area (Å²) >= 11 is 0. The molecule has 6 rings (SSSR count). The van der Waals surface area contributed by atoms with Gasteiger partial charge in [-0.1, -0.05) is 5.92 Å². The van der Waals surface area contributed by atoms with Gasteiger partial charge in [-0.25, -0.2) is 18.0 Å². The summed E-state index contributed by atoms with van der Waals surface area (Å²) in [5.41, 5.74) is -1.40. The van der Waals surface area contributed by atoms with Crippen LogP contribution in [0.3, 0.4) is 0 Å². The van der Waals surface area contributed by atoms with Crippen LogP contribution in [0.15, 0.2) is 29.2 Å². The molecule has 2 aliphatic rings. The minimum atomic E-state index is -1.02. The molecule has 0 amide bonds. The number of nitrogens with zero attached hydrogens (tertiary/aromatic N) is 4. The van der Waals surface area contributed by atoms with Crippen LogP contribution in [0, 0.1) is 29.8 Å². The monoisotopic (exact) mass is 491 g/mol. The molecule has 10 heteroatoms. The van der Waals surface area contributed by atoms with Crippen molar-refractivity contribution in [1.82, 2.24) is 19.9 Å². The predicted molar refractivity (Wildman–Crippen MR) is 129 cm³/mol. The van der Waals surface area contributed by atoms with Gasteiger partial charge in [0.2, 0.25) is 0 Å². The fraction of sp³-hybridized carbons (Fsp3) is 0.269. The van der Waals surface area contributed by atoms with Gasteiger partial charge in [0.25, 0.3) is 0 Å². The second-order valence-electron chi connectivity index (χ2n) is 9.25. The van der Waals surface area contributed by atoms with E-state index in [0.29, 0.717) is 24.3 Å². The molecule has 2 aliphatic heterocycles. The van der Waals surface area contributed by atoms with E-state index >= 15 is 4.39 Å². The summed E-state index contributed by atoms with van der Waals surface area (Å²) in [6.07, 6.45) is 8.91. The molecule has 2 atom stereocenters. The molecular formula is C26H20F3N5O2. The summed E-state index contributed by atoms with van der Waals surface area (Å²) in [6.45, 7) is 1.24. The van der Waals surface area contributed by atoms with Crippen molar-refractivity contribution in [2.45, 2.75) is 24.9 Å². The Morgan fingerprint density at radius 2 is 1.86 bits per heavy atom. The summed E-state index contributed by atoms with van der Waals surface area (Å²) in [5, 5.41) is 13.8. The molecule has 2 unspecified atom stereocenters. The van der Waals surface area contributed by atoms with Gasteiger partial charge < -0.3 is 15.3 Å². The van der Waals surface area contributed by atoms with E-state index in [2.05, 4.69) is 21.2 Å². The van der Waals surface area contributed by atoms with E-state index in [0.717, 1.165) is 35.6 Å². The molecule has 2 aromatic heterocycles. The average molecular weight is 491 g/mol. The van der Waals surface area contributed by atoms with Crippen molar-refractivity contribution in [3.8, 4) is 29.4 Å². The zero-order valence-electron chi connectivity index (χ0n) is 19.1. The maximum atomic E-state index is 16.2. The number of pyridine rings is 1. The second-order valence-corrected chi connectivity index (χ2v) is 9.25. The highest BCUT2D eigenvalue weighted by Gasteiger charge is 2.34. The van der Waals surface area contributed by atoms with Gasteiger partial charge in [0.15, 0.2) is 17.4 Å². The molecule has 4 heterocycles. The number of halogens is 3. The number of aromatic nitrogens is 3. The minimum absolute atomic E-state index is 0.0588. The van der Waals surface area contributed by atoms with Crippen LogP contribution in [0.25, 0.3) is 32.9 Å². The number of aryl methyl sites for hydroxylation is 1. The highest BCUT2D eigenvalue weighted by molar-refractivity contribution is 6.03. The first-order valence-corrected chi connectivity index (χ1v) is 11.4. The number of phenolic OH excluding ortho intramolecular Hbond substituents is 1. The summed E-state index contributed by atoms with van der Waals surface area (Å²) < 4.78 is 46.5. The number of nitrogens with one attached hydrogen (secondary N) is 1. The Kier molecular flexibility index (Phi) is 4.95. The Hall–Kier alpha value is -4.10. The molecule has 0 radical (unpaired) electrons. The Bertz CT molecular complexity index is 1680. The maximum Gasteiger partial charge on any atom is 0.349 e. The van der Waals surface area contributed by atoms with Crippen molar-refractivity contribution >= 4 is 27.5 Å². The minimum Gasteiger partial charge on any atom is -0.505 e. The smallest absolute Gasteiger partial charge is 0.349 e. The van der Waals surface area contributed by atoms with Gasteiger partial charge in [-0.2, -0.15) is 4.98 Å². The predicted octanol–water partition coefficient (Wildman–Crippen LogP) is 3.19. The van der Waals surface area contributed by atoms with E-state index in [-0.39, 0.29) is 45.2 Å². The SMILES string of the molecule is C#Cc1c(F)ccc2c(F)c(O)cc(-c3ncc4c(N5CC6CCC(C5)N6)nc(=O)n(C)c4c3F)c12. The Balaban J connectivity index is 1.64. The molecule has 182 valence electrons. The Morgan fingerprint density at radius 1 is 1.14 bits per heavy atom. The van der Waals surface area contributed by atoms with Crippen LogP contribution >= 0.6 is 0 Å². The third-order valence-electron chi connectivity index (χ3n) is 7.14. The van der Waals surface area contributed by atoms with E-state index < -0.39 is 28.9 Å². The quantitative estimate of drug-likeness (QED) is 0.419. The highest BCUT2D eigenvalue weighted by atomic mass is 19.1. The molecule has 2 fully saturated rings. The molecule has 36 heavy (non-hydrogen) atoms. The first kappa shape index (κ1) is 22.4. The molecule has 2 bridgehead atoms. The normalized spacial score (nSPS) is 19.2. The fourth-order valence-corrected chi connectivity index (χ4v) is 5.47. The van der Waals surface area contributed by atoms with Crippen LogP contribution in [-0.2, 0) is 7.05 Å². The second kappa shape index (κ2) is 7.96. The summed E-state index contributed by atoms with van der Waals surface area (Å²) in [6, 6.07) is 3.58. The molecule has 4 aromatic rings. The van der Waals surface area contributed by atoms with Gasteiger partial charge in [-0.3, -0.25) is 9.55 Å². The van der Waals surface area contributed by atoms with Crippen molar-refractivity contribution in [2.24, 2.45) is 7.05 Å². The van der Waals surface area contributed by atoms with Gasteiger partial charge in [-0.05, 0) is 31.0 Å². The van der Waals surface area contributed by atoms with Gasteiger partial charge in [0, 0.05) is 54.8 Å². The van der Waals surface area contributed by atoms with Crippen molar-refractivity contribution in [3.63, 3.8) is 0 Å². The summed E-state index contributed by atoms with van der Waals surface area (Å²) in [4.78, 5) is 23.3. The first-order valence-electron chi connectivity index (χ1n) is 11.4. The Labute approximate surface area is 203 Å². The topological polar surface area (TPSA) is 83.3 Å². The molecule has 7 nitrogen and oxygen atoms in total. The molecule has 2 aromatic carbocycles. The molecule has 0 spiro atoms. The summed E-state index contributed by atoms with van der Waals surface area (Å²) in [7, 11) is 1.39. The van der Waals surface area contributed by atoms with E-state index in [1.54, 1.807) is 0 Å². The van der Waals surface area contributed by atoms with Crippen LogP contribution in [-0.4, -0.2) is 44.8 Å². The number of hydrogen-bond acceptors (Lipinski definition) is 6. The van der Waals surface area contributed by atoms with E-state index in [1.165, 1.54) is 13.2 Å². The third-order valence-corrected chi connectivity index (χ3v) is 7.14. The number of terminal acetylenes is 1. The van der Waals surface area contributed by atoms with Crippen LogP contribution in [0.1, 0.15) is 18.4 Å². The van der Waals surface area contributed by atoms with Crippen molar-refractivity contribution in [1.29, 1.82) is 0 Å². The van der Waals surface area contributed by atoms with Gasteiger partial charge in [0.1, 0.15) is 17.3 Å². The van der Waals surface area contributed by atoms with Crippen molar-refractivity contribution in [2.75, 3.05) is 18.0 Å². The number of hydrogen-bond donors (Lipinski definition) is 2. The molecule has 2 saturated heterocycles. The third kappa shape index (κ3) is 3.16. The van der Waals surface area contributed by atoms with Crippen molar-refractivity contribution < 1.29 is 18.3 Å². The molecule has 0 aliphatic carbocycles. The average Bonchev–Trinajstić information content (AvgIpc) is 3.20. The number of rotatable bonds is 2. The lowest BCUT2D eigenvalue weighted by Crippen LogP contribution is -2.51. The number of piperazine rings is 1. The number of phenols is 1. The summed E-state index contributed by atoms with van der Waals surface area (Å²) in [5.74, 6) is -0.954. The lowest BCUT2D eigenvalue weighted by Gasteiger charge is -2.34. The largest absolute Gasteiger partial charge is 0.505 e. The molecular weight excluding hydrogens is 471 g/mol. The van der Waals surface area contributed by atoms with Crippen LogP contribution in [0.2, 0.25) is 0 Å². The number of fused-ring (bicyclic) bond motifs is 4. The maximum absolute atomic E-state index is 16.2. The van der Waals surface area contributed by atoms with Crippen LogP contribution in [0.5, 0.6) is 5.75 Å². The number of benzene rings is 2. The van der Waals surface area contributed by atoms with E-state index in [9.17, 15) is 18.7 Å². The van der Waals surface area contributed by atoms with Gasteiger partial charge in [-0.15, -0.1) is 6.42 Å². The fourth-order valence-electron chi connectivity index (χ4n) is 5.47. The standard InChI is InChI=1S/C26H20F3N5O2/c1-3-14-18(27)7-6-15-20(14)16(8-19(35)21(15)28)23-22(29)24-17(9-30-23)25(32-26(36)33(24)2)34-10-12-4-5-13(11-34)31-12/h1,6-9,12-13,31,35H,4-5,10-11H2,2H3. The highest BCUT2D eigenvalue weighted by Crippen LogP contribution is 2.40. The van der Waals surface area contributed by atoms with Crippen LogP contribution < -0.4 is 15.9 Å². The molecule has 2 N–H and O–H groups in total. The van der Waals surface area contributed by atoms with Crippen LogP contribution in [0.4, 0.5) is 19.0 Å².